The number of carbonyl (C=O) groups is 1. The third-order valence-corrected chi connectivity index (χ3v) is 6.06. The van der Waals surface area contributed by atoms with Crippen molar-refractivity contribution in [1.82, 2.24) is 14.6 Å². The second kappa shape index (κ2) is 8.85. The highest BCUT2D eigenvalue weighted by atomic mass is 32.2. The van der Waals surface area contributed by atoms with Gasteiger partial charge in [0, 0.05) is 23.6 Å². The van der Waals surface area contributed by atoms with Crippen molar-refractivity contribution in [1.29, 1.82) is 0 Å². The molecule has 7 nitrogen and oxygen atoms in total. The lowest BCUT2D eigenvalue weighted by atomic mass is 10.1. The molecule has 0 saturated heterocycles. The summed E-state index contributed by atoms with van der Waals surface area (Å²) in [6.45, 7) is 4.17. The van der Waals surface area contributed by atoms with Gasteiger partial charge in [0.2, 0.25) is 5.91 Å². The molecule has 0 fully saturated rings. The molecule has 4 rings (SSSR count). The number of methoxy groups -OCH3 is 2. The lowest BCUT2D eigenvalue weighted by molar-refractivity contribution is -0.115. The van der Waals surface area contributed by atoms with Gasteiger partial charge in [-0.3, -0.25) is 9.20 Å². The molecule has 4 aromatic rings. The van der Waals surface area contributed by atoms with Crippen LogP contribution in [0.2, 0.25) is 0 Å². The van der Waals surface area contributed by atoms with Crippen molar-refractivity contribution in [2.75, 3.05) is 25.3 Å². The van der Waals surface area contributed by atoms with E-state index in [1.165, 1.54) is 22.7 Å². The third-order valence-electron chi connectivity index (χ3n) is 5.13. The molecular formula is C23H24N4O3S. The average Bonchev–Trinajstić information content (AvgIpc) is 3.16. The highest BCUT2D eigenvalue weighted by Crippen LogP contribution is 2.30. The maximum atomic E-state index is 12.5. The molecule has 0 aliphatic rings. The number of benzene rings is 2. The fourth-order valence-corrected chi connectivity index (χ4v) is 4.47. The maximum absolute atomic E-state index is 12.5. The summed E-state index contributed by atoms with van der Waals surface area (Å²) in [7, 11) is 3.15. The minimum absolute atomic E-state index is 0.107. The van der Waals surface area contributed by atoms with Crippen molar-refractivity contribution in [3.8, 4) is 11.5 Å². The molecular weight excluding hydrogens is 412 g/mol. The van der Waals surface area contributed by atoms with Gasteiger partial charge < -0.3 is 14.8 Å². The van der Waals surface area contributed by atoms with Crippen LogP contribution in [0.3, 0.4) is 0 Å². The molecule has 0 unspecified atom stereocenters. The number of aryl methyl sites for hydroxylation is 2. The highest BCUT2D eigenvalue weighted by molar-refractivity contribution is 7.99. The van der Waals surface area contributed by atoms with Gasteiger partial charge in [-0.25, -0.2) is 0 Å². The fraction of sp³-hybridized carbons (Fsp3) is 0.261. The molecule has 2 aromatic carbocycles. The number of ether oxygens (including phenoxy) is 2. The molecule has 2 aromatic heterocycles. The number of fused-ring (bicyclic) bond motifs is 3. The molecule has 160 valence electrons. The van der Waals surface area contributed by atoms with Crippen molar-refractivity contribution < 1.29 is 14.3 Å². The predicted molar refractivity (Wildman–Crippen MR) is 123 cm³/mol. The lowest BCUT2D eigenvalue weighted by Gasteiger charge is -2.12. The van der Waals surface area contributed by atoms with Crippen molar-refractivity contribution >= 4 is 39.9 Å². The second-order valence-electron chi connectivity index (χ2n) is 7.19. The van der Waals surface area contributed by atoms with Gasteiger partial charge in [0.1, 0.15) is 11.5 Å². The van der Waals surface area contributed by atoms with Gasteiger partial charge >= 0.3 is 0 Å². The number of aromatic nitrogens is 3. The fourth-order valence-electron chi connectivity index (χ4n) is 3.58. The number of pyridine rings is 1. The largest absolute Gasteiger partial charge is 0.497 e. The van der Waals surface area contributed by atoms with E-state index in [2.05, 4.69) is 52.0 Å². The third kappa shape index (κ3) is 4.16. The standard InChI is InChI=1S/C23H24N4O3S/c1-14-6-5-7-17-15(2)12-20-25-26-23(27(20)22(14)17)31-11-10-21(28)24-18-13-16(29-3)8-9-19(18)30-4/h5-9,12-13H,10-11H2,1-4H3,(H,24,28). The Labute approximate surface area is 184 Å². The molecule has 1 amide bonds. The van der Waals surface area contributed by atoms with Crippen LogP contribution < -0.4 is 14.8 Å². The summed E-state index contributed by atoms with van der Waals surface area (Å²) >= 11 is 1.52. The minimum Gasteiger partial charge on any atom is -0.497 e. The van der Waals surface area contributed by atoms with E-state index in [-0.39, 0.29) is 5.91 Å². The molecule has 0 saturated carbocycles. The Bertz CT molecular complexity index is 1270. The Hall–Kier alpha value is -3.26. The van der Waals surface area contributed by atoms with Crippen molar-refractivity contribution in [2.24, 2.45) is 0 Å². The number of rotatable bonds is 7. The first-order valence-corrected chi connectivity index (χ1v) is 10.9. The van der Waals surface area contributed by atoms with Crippen LogP contribution >= 0.6 is 11.8 Å². The van der Waals surface area contributed by atoms with Gasteiger partial charge in [-0.2, -0.15) is 0 Å². The molecule has 2 heterocycles. The smallest absolute Gasteiger partial charge is 0.225 e. The van der Waals surface area contributed by atoms with E-state index in [1.807, 2.05) is 6.07 Å². The highest BCUT2D eigenvalue weighted by Gasteiger charge is 2.14. The molecule has 0 aliphatic carbocycles. The summed E-state index contributed by atoms with van der Waals surface area (Å²) in [6.07, 6.45) is 0.322. The molecule has 0 radical (unpaired) electrons. The molecule has 0 bridgehead atoms. The zero-order valence-corrected chi connectivity index (χ0v) is 18.7. The summed E-state index contributed by atoms with van der Waals surface area (Å²) in [4.78, 5) is 12.5. The summed E-state index contributed by atoms with van der Waals surface area (Å²) in [5.74, 6) is 1.70. The van der Waals surface area contributed by atoms with E-state index in [4.69, 9.17) is 9.47 Å². The number of amides is 1. The van der Waals surface area contributed by atoms with Crippen LogP contribution in [0.5, 0.6) is 11.5 Å². The number of thioether (sulfide) groups is 1. The van der Waals surface area contributed by atoms with Gasteiger partial charge in [-0.05, 0) is 43.2 Å². The Morgan fingerprint density at radius 1 is 1.06 bits per heavy atom. The van der Waals surface area contributed by atoms with Crippen LogP contribution in [0.15, 0.2) is 47.6 Å². The number of hydrogen-bond acceptors (Lipinski definition) is 6. The minimum atomic E-state index is -0.107. The topological polar surface area (TPSA) is 77.8 Å². The van der Waals surface area contributed by atoms with E-state index in [0.717, 1.165) is 21.9 Å². The number of nitrogens with one attached hydrogen (secondary N) is 1. The van der Waals surface area contributed by atoms with Crippen LogP contribution in [0.25, 0.3) is 16.6 Å². The molecule has 0 aliphatic heterocycles. The van der Waals surface area contributed by atoms with Gasteiger partial charge in [0.15, 0.2) is 10.8 Å². The molecule has 0 atom stereocenters. The summed E-state index contributed by atoms with van der Waals surface area (Å²) in [6, 6.07) is 13.6. The van der Waals surface area contributed by atoms with E-state index in [9.17, 15) is 4.79 Å². The van der Waals surface area contributed by atoms with E-state index >= 15 is 0 Å². The summed E-state index contributed by atoms with van der Waals surface area (Å²) in [5, 5.41) is 13.6. The molecule has 31 heavy (non-hydrogen) atoms. The van der Waals surface area contributed by atoms with Crippen LogP contribution in [-0.4, -0.2) is 40.5 Å². The van der Waals surface area contributed by atoms with Crippen molar-refractivity contribution in [2.45, 2.75) is 25.4 Å². The Morgan fingerprint density at radius 3 is 2.68 bits per heavy atom. The number of nitrogens with zero attached hydrogens (tertiary/aromatic N) is 3. The first-order valence-electron chi connectivity index (χ1n) is 9.90. The zero-order valence-electron chi connectivity index (χ0n) is 17.9. The summed E-state index contributed by atoms with van der Waals surface area (Å²) in [5.41, 5.74) is 4.84. The van der Waals surface area contributed by atoms with Crippen molar-refractivity contribution in [3.63, 3.8) is 0 Å². The Morgan fingerprint density at radius 2 is 1.90 bits per heavy atom. The Kier molecular flexibility index (Phi) is 5.99. The normalized spacial score (nSPS) is 11.1. The maximum Gasteiger partial charge on any atom is 0.225 e. The number of para-hydroxylation sites is 1. The summed E-state index contributed by atoms with van der Waals surface area (Å²) < 4.78 is 12.6. The predicted octanol–water partition coefficient (Wildman–Crippen LogP) is 4.64. The van der Waals surface area contributed by atoms with Gasteiger partial charge in [0.05, 0.1) is 25.4 Å². The number of anilines is 1. The quantitative estimate of drug-likeness (QED) is 0.425. The van der Waals surface area contributed by atoms with Crippen LogP contribution in [0, 0.1) is 13.8 Å². The average molecular weight is 437 g/mol. The lowest BCUT2D eigenvalue weighted by Crippen LogP contribution is -2.13. The van der Waals surface area contributed by atoms with E-state index < -0.39 is 0 Å². The SMILES string of the molecule is COc1ccc(OC)c(NC(=O)CCSc2nnc3cc(C)c4cccc(C)c4n23)c1. The van der Waals surface area contributed by atoms with E-state index in [0.29, 0.717) is 29.4 Å². The molecule has 1 N–H and O–H groups in total. The Balaban J connectivity index is 1.50. The second-order valence-corrected chi connectivity index (χ2v) is 8.25. The number of carbonyl (C=O) groups excluding carboxylic acids is 1. The monoisotopic (exact) mass is 436 g/mol. The first kappa shape index (κ1) is 21.0. The molecule has 8 heteroatoms. The van der Waals surface area contributed by atoms with Crippen LogP contribution in [-0.2, 0) is 4.79 Å². The van der Waals surface area contributed by atoms with Crippen molar-refractivity contribution in [3.05, 3.63) is 53.6 Å². The molecule has 0 spiro atoms. The van der Waals surface area contributed by atoms with Gasteiger partial charge in [0.25, 0.3) is 0 Å². The van der Waals surface area contributed by atoms with E-state index in [1.54, 1.807) is 32.4 Å². The number of hydrogen-bond donors (Lipinski definition) is 1. The zero-order chi connectivity index (χ0) is 22.0. The first-order chi connectivity index (χ1) is 15.0. The van der Waals surface area contributed by atoms with Crippen LogP contribution in [0.1, 0.15) is 17.5 Å². The van der Waals surface area contributed by atoms with Gasteiger partial charge in [-0.15, -0.1) is 10.2 Å². The van der Waals surface area contributed by atoms with Crippen LogP contribution in [0.4, 0.5) is 5.69 Å². The van der Waals surface area contributed by atoms with Gasteiger partial charge in [-0.1, -0.05) is 30.0 Å².